The quantitative estimate of drug-likeness (QED) is 0.283. The molecule has 31 heavy (non-hydrogen) atoms. The Morgan fingerprint density at radius 2 is 1.65 bits per heavy atom. The molecule has 0 fully saturated rings. The van der Waals surface area contributed by atoms with Crippen LogP contribution in [0.4, 0.5) is 0 Å². The van der Waals surface area contributed by atoms with E-state index in [-0.39, 0.29) is 5.41 Å². The number of benzene rings is 3. The lowest BCUT2D eigenvalue weighted by Crippen LogP contribution is -2.20. The minimum atomic E-state index is -0.206. The third-order valence-corrected chi connectivity index (χ3v) is 6.54. The van der Waals surface area contributed by atoms with Gasteiger partial charge in [-0.05, 0) is 47.4 Å². The molecule has 0 saturated heterocycles. The molecule has 156 valence electrons. The van der Waals surface area contributed by atoms with Gasteiger partial charge in [-0.15, -0.1) is 0 Å². The number of aryl methyl sites for hydroxylation is 2. The minimum Gasteiger partial charge on any atom is -0.343 e. The van der Waals surface area contributed by atoms with Gasteiger partial charge >= 0.3 is 0 Å². The summed E-state index contributed by atoms with van der Waals surface area (Å²) in [5, 5.41) is 2.01. The monoisotopic (exact) mass is 425 g/mol. The largest absolute Gasteiger partial charge is 0.343 e. The molecule has 2 heteroatoms. The van der Waals surface area contributed by atoms with Crippen LogP contribution in [0, 0.1) is 6.92 Å². The molecule has 4 aromatic rings. The Morgan fingerprint density at radius 1 is 0.968 bits per heavy atom. The number of fused-ring (bicyclic) bond motifs is 1. The van der Waals surface area contributed by atoms with E-state index in [0.29, 0.717) is 0 Å². The summed E-state index contributed by atoms with van der Waals surface area (Å²) in [5.74, 6) is 0. The number of halogens is 1. The smallest absolute Gasteiger partial charge is 0.0562 e. The van der Waals surface area contributed by atoms with Crippen molar-refractivity contribution in [1.29, 1.82) is 0 Å². The fourth-order valence-electron chi connectivity index (χ4n) is 4.43. The van der Waals surface area contributed by atoms with Crippen LogP contribution in [0.5, 0.6) is 0 Å². The third kappa shape index (κ3) is 3.86. The van der Waals surface area contributed by atoms with Crippen LogP contribution < -0.4 is 0 Å². The highest BCUT2D eigenvalue weighted by molar-refractivity contribution is 6.30. The number of allylic oxidation sites excluding steroid dienone is 2. The lowest BCUT2D eigenvalue weighted by atomic mass is 9.76. The molecule has 0 aliphatic rings. The van der Waals surface area contributed by atoms with Crippen LogP contribution in [0.1, 0.15) is 30.5 Å². The van der Waals surface area contributed by atoms with Crippen LogP contribution in [0.2, 0.25) is 5.02 Å². The SMILES string of the molecule is C=C(/C=C/c1c(-c2ccccc2)n(C)c2ccccc12)C(C)(C)c1ccc(Cl)cc1C. The van der Waals surface area contributed by atoms with E-state index in [2.05, 4.69) is 112 Å². The summed E-state index contributed by atoms with van der Waals surface area (Å²) in [6, 6.07) is 25.2. The molecule has 1 nitrogen and oxygen atoms in total. The predicted molar refractivity (Wildman–Crippen MR) is 136 cm³/mol. The minimum absolute atomic E-state index is 0.206. The number of nitrogens with zero attached hydrogens (tertiary/aromatic N) is 1. The van der Waals surface area contributed by atoms with E-state index in [1.54, 1.807) is 0 Å². The Bertz CT molecular complexity index is 1290. The van der Waals surface area contributed by atoms with Gasteiger partial charge in [0.1, 0.15) is 0 Å². The van der Waals surface area contributed by atoms with Crippen molar-refractivity contribution in [3.05, 3.63) is 113 Å². The molecule has 1 heterocycles. The number of hydrogen-bond acceptors (Lipinski definition) is 0. The molecule has 4 rings (SSSR count). The molecule has 3 aromatic carbocycles. The fraction of sp³-hybridized carbons (Fsp3) is 0.172. The summed E-state index contributed by atoms with van der Waals surface area (Å²) in [7, 11) is 2.14. The fourth-order valence-corrected chi connectivity index (χ4v) is 4.66. The van der Waals surface area contributed by atoms with Gasteiger partial charge in [0.15, 0.2) is 0 Å². The first-order valence-electron chi connectivity index (χ1n) is 10.6. The van der Waals surface area contributed by atoms with Crippen molar-refractivity contribution in [2.45, 2.75) is 26.2 Å². The van der Waals surface area contributed by atoms with Gasteiger partial charge in [-0.1, -0.05) is 98.8 Å². The highest BCUT2D eigenvalue weighted by Gasteiger charge is 2.25. The lowest BCUT2D eigenvalue weighted by molar-refractivity contribution is 0.637. The van der Waals surface area contributed by atoms with Crippen LogP contribution in [0.3, 0.4) is 0 Å². The number of rotatable bonds is 5. The molecule has 1 aromatic heterocycles. The molecule has 0 atom stereocenters. The average molecular weight is 426 g/mol. The molecule has 0 saturated carbocycles. The molecule has 0 amide bonds. The van der Waals surface area contributed by atoms with E-state index in [1.165, 1.54) is 38.9 Å². The van der Waals surface area contributed by atoms with Crippen molar-refractivity contribution in [1.82, 2.24) is 4.57 Å². The van der Waals surface area contributed by atoms with Crippen LogP contribution >= 0.6 is 11.6 Å². The molecule has 0 spiro atoms. The van der Waals surface area contributed by atoms with Crippen molar-refractivity contribution in [3.63, 3.8) is 0 Å². The molecule has 0 aliphatic carbocycles. The Morgan fingerprint density at radius 3 is 2.35 bits per heavy atom. The average Bonchev–Trinajstić information content (AvgIpc) is 3.04. The summed E-state index contributed by atoms with van der Waals surface area (Å²) in [4.78, 5) is 0. The van der Waals surface area contributed by atoms with Crippen molar-refractivity contribution >= 4 is 28.6 Å². The topological polar surface area (TPSA) is 4.93 Å². The van der Waals surface area contributed by atoms with E-state index in [0.717, 1.165) is 10.6 Å². The third-order valence-electron chi connectivity index (χ3n) is 6.31. The zero-order chi connectivity index (χ0) is 22.2. The van der Waals surface area contributed by atoms with Crippen molar-refractivity contribution < 1.29 is 0 Å². The first-order valence-corrected chi connectivity index (χ1v) is 11.0. The molecule has 0 radical (unpaired) electrons. The number of aromatic nitrogens is 1. The summed E-state index contributed by atoms with van der Waals surface area (Å²) in [6.07, 6.45) is 4.39. The lowest BCUT2D eigenvalue weighted by Gasteiger charge is -2.28. The van der Waals surface area contributed by atoms with Gasteiger partial charge < -0.3 is 4.57 Å². The van der Waals surface area contributed by atoms with Crippen LogP contribution in [-0.2, 0) is 12.5 Å². The highest BCUT2D eigenvalue weighted by Crippen LogP contribution is 2.37. The van der Waals surface area contributed by atoms with Crippen LogP contribution in [0.25, 0.3) is 28.2 Å². The Labute approximate surface area is 190 Å². The Kier molecular flexibility index (Phi) is 5.64. The Balaban J connectivity index is 1.80. The van der Waals surface area contributed by atoms with E-state index in [4.69, 9.17) is 11.6 Å². The summed E-state index contributed by atoms with van der Waals surface area (Å²) in [5.41, 5.74) is 8.14. The van der Waals surface area contributed by atoms with Crippen LogP contribution in [-0.4, -0.2) is 4.57 Å². The summed E-state index contributed by atoms with van der Waals surface area (Å²) < 4.78 is 2.28. The van der Waals surface area contributed by atoms with Gasteiger partial charge in [0.25, 0.3) is 0 Å². The van der Waals surface area contributed by atoms with E-state index < -0.39 is 0 Å². The second kappa shape index (κ2) is 8.24. The highest BCUT2D eigenvalue weighted by atomic mass is 35.5. The number of hydrogen-bond donors (Lipinski definition) is 0. The molecule has 0 N–H and O–H groups in total. The first kappa shape index (κ1) is 21.2. The zero-order valence-corrected chi connectivity index (χ0v) is 19.4. The molecule has 0 unspecified atom stereocenters. The Hall–Kier alpha value is -3.03. The second-order valence-corrected chi connectivity index (χ2v) is 9.08. The second-order valence-electron chi connectivity index (χ2n) is 8.65. The maximum Gasteiger partial charge on any atom is 0.0562 e. The molecular weight excluding hydrogens is 398 g/mol. The van der Waals surface area contributed by atoms with Gasteiger partial charge in [0.2, 0.25) is 0 Å². The van der Waals surface area contributed by atoms with Gasteiger partial charge in [0.05, 0.1) is 5.69 Å². The summed E-state index contributed by atoms with van der Waals surface area (Å²) in [6.45, 7) is 11.0. The zero-order valence-electron chi connectivity index (χ0n) is 18.6. The molecular formula is C29H28ClN. The summed E-state index contributed by atoms with van der Waals surface area (Å²) >= 11 is 6.18. The number of para-hydroxylation sites is 1. The molecule has 0 aliphatic heterocycles. The maximum absolute atomic E-state index is 6.18. The van der Waals surface area contributed by atoms with E-state index >= 15 is 0 Å². The van der Waals surface area contributed by atoms with Gasteiger partial charge in [0, 0.05) is 34.0 Å². The standard InChI is InChI=1S/C29H28ClN/c1-20-19-23(30)16-18-26(20)29(3,4)21(2)15-17-25-24-13-9-10-14-27(24)31(5)28(25)22-11-7-6-8-12-22/h6-19H,2H2,1,3-5H3/b17-15+. The van der Waals surface area contributed by atoms with Gasteiger partial charge in [-0.3, -0.25) is 0 Å². The van der Waals surface area contributed by atoms with E-state index in [9.17, 15) is 0 Å². The van der Waals surface area contributed by atoms with Gasteiger partial charge in [-0.25, -0.2) is 0 Å². The van der Waals surface area contributed by atoms with Gasteiger partial charge in [-0.2, -0.15) is 0 Å². The van der Waals surface area contributed by atoms with Crippen molar-refractivity contribution in [3.8, 4) is 11.3 Å². The van der Waals surface area contributed by atoms with Crippen molar-refractivity contribution in [2.24, 2.45) is 7.05 Å². The van der Waals surface area contributed by atoms with E-state index in [1.807, 2.05) is 12.1 Å². The normalized spacial score (nSPS) is 12.0. The molecule has 0 bridgehead atoms. The van der Waals surface area contributed by atoms with Crippen molar-refractivity contribution in [2.75, 3.05) is 0 Å². The first-order chi connectivity index (χ1) is 14.8. The predicted octanol–water partition coefficient (Wildman–Crippen LogP) is 8.35. The van der Waals surface area contributed by atoms with Crippen LogP contribution in [0.15, 0.2) is 91.0 Å². The maximum atomic E-state index is 6.18.